The summed E-state index contributed by atoms with van der Waals surface area (Å²) in [7, 11) is 0. The Morgan fingerprint density at radius 1 is 0.971 bits per heavy atom. The molecule has 0 saturated heterocycles. The summed E-state index contributed by atoms with van der Waals surface area (Å²) in [5, 5.41) is 2.85. The smallest absolute Gasteiger partial charge is 0.406 e. The number of aryl methyl sites for hydroxylation is 2. The third kappa shape index (κ3) is 4.93. The molecule has 2 amide bonds. The van der Waals surface area contributed by atoms with Crippen molar-refractivity contribution in [1.82, 2.24) is 9.88 Å². The van der Waals surface area contributed by atoms with Gasteiger partial charge in [-0.05, 0) is 49.2 Å². The number of hydrogen-bond acceptors (Lipinski definition) is 5. The lowest BCUT2D eigenvalue weighted by Crippen LogP contribution is -2.32. The molecule has 0 atom stereocenters. The van der Waals surface area contributed by atoms with Crippen molar-refractivity contribution in [3.8, 4) is 5.75 Å². The van der Waals surface area contributed by atoms with Crippen molar-refractivity contribution in [3.63, 3.8) is 0 Å². The molecule has 1 aromatic heterocycles. The van der Waals surface area contributed by atoms with Crippen LogP contribution in [0.25, 0.3) is 5.57 Å². The molecule has 0 radical (unpaired) electrons. The number of nitrogens with zero attached hydrogens (tertiary/aromatic N) is 2. The number of rotatable bonds is 6. The van der Waals surface area contributed by atoms with Crippen LogP contribution in [0, 0.1) is 13.8 Å². The third-order valence-electron chi connectivity index (χ3n) is 5.20. The molecule has 1 N–H and O–H groups in total. The number of nitrogens with one attached hydrogen (secondary N) is 1. The normalized spacial score (nSPS) is 14.1. The monoisotopic (exact) mass is 467 g/mol. The van der Waals surface area contributed by atoms with Crippen LogP contribution < -0.4 is 10.1 Å². The largest absolute Gasteiger partial charge is 0.573 e. The Labute approximate surface area is 193 Å². The number of carbonyl (C=O) groups excluding carboxylic acids is 2. The van der Waals surface area contributed by atoms with Gasteiger partial charge in [0.05, 0.1) is 17.8 Å². The van der Waals surface area contributed by atoms with Gasteiger partial charge >= 0.3 is 6.36 Å². The highest BCUT2D eigenvalue weighted by Crippen LogP contribution is 2.34. The van der Waals surface area contributed by atoms with Crippen LogP contribution in [0.3, 0.4) is 0 Å². The van der Waals surface area contributed by atoms with Crippen LogP contribution in [-0.4, -0.2) is 28.1 Å². The fourth-order valence-corrected chi connectivity index (χ4v) is 3.75. The molecule has 0 bridgehead atoms. The van der Waals surface area contributed by atoms with Crippen LogP contribution in [-0.2, 0) is 16.1 Å². The summed E-state index contributed by atoms with van der Waals surface area (Å²) >= 11 is 0. The molecule has 0 fully saturated rings. The Balaban J connectivity index is 1.75. The molecule has 0 aliphatic carbocycles. The number of hydrogen-bond donors (Lipinski definition) is 1. The van der Waals surface area contributed by atoms with E-state index in [1.165, 1.54) is 12.1 Å². The minimum absolute atomic E-state index is 0.0305. The number of alkyl halides is 3. The van der Waals surface area contributed by atoms with Gasteiger partial charge in [0.2, 0.25) is 0 Å². The molecule has 1 aliphatic heterocycles. The van der Waals surface area contributed by atoms with Gasteiger partial charge in [-0.1, -0.05) is 35.9 Å². The van der Waals surface area contributed by atoms with Crippen LogP contribution in [0.5, 0.6) is 5.75 Å². The van der Waals surface area contributed by atoms with Crippen molar-refractivity contribution in [1.29, 1.82) is 0 Å². The van der Waals surface area contributed by atoms with Gasteiger partial charge in [0.1, 0.15) is 11.4 Å². The average Bonchev–Trinajstić information content (AvgIpc) is 2.98. The van der Waals surface area contributed by atoms with Gasteiger partial charge in [0.25, 0.3) is 11.8 Å². The fourth-order valence-electron chi connectivity index (χ4n) is 3.75. The lowest BCUT2D eigenvalue weighted by atomic mass is 9.97. The maximum Gasteiger partial charge on any atom is 0.573 e. The van der Waals surface area contributed by atoms with E-state index in [0.29, 0.717) is 11.3 Å². The Morgan fingerprint density at radius 3 is 2.44 bits per heavy atom. The molecular weight excluding hydrogens is 447 g/mol. The molecule has 2 heterocycles. The number of carbonyl (C=O) groups is 2. The van der Waals surface area contributed by atoms with Crippen molar-refractivity contribution in [2.45, 2.75) is 26.8 Å². The molecule has 174 valence electrons. The molecule has 6 nitrogen and oxygen atoms in total. The van der Waals surface area contributed by atoms with Crippen molar-refractivity contribution >= 4 is 23.1 Å². The minimum Gasteiger partial charge on any atom is -0.406 e. The number of amides is 2. The Hall–Kier alpha value is -4.14. The number of benzene rings is 2. The van der Waals surface area contributed by atoms with Gasteiger partial charge in [-0.15, -0.1) is 13.2 Å². The van der Waals surface area contributed by atoms with Crippen LogP contribution in [0.1, 0.15) is 22.4 Å². The standard InChI is InChI=1S/C25H20F3N3O3/c1-15-9-10-20(16(2)12-15)21-22(30-17-7-5-8-19(13-17)34-25(26,27)28)24(33)31(23(21)32)14-18-6-3-4-11-29-18/h3-13,30H,14H2,1-2H3. The van der Waals surface area contributed by atoms with Crippen molar-refractivity contribution in [2.24, 2.45) is 0 Å². The van der Waals surface area contributed by atoms with E-state index in [1.807, 2.05) is 26.0 Å². The summed E-state index contributed by atoms with van der Waals surface area (Å²) in [4.78, 5) is 32.0. The van der Waals surface area contributed by atoms with Gasteiger partial charge in [-0.25, -0.2) is 0 Å². The second-order valence-corrected chi connectivity index (χ2v) is 7.79. The number of anilines is 1. The molecular formula is C25H20F3N3O3. The molecule has 34 heavy (non-hydrogen) atoms. The predicted octanol–water partition coefficient (Wildman–Crippen LogP) is 4.99. The van der Waals surface area contributed by atoms with Gasteiger partial charge < -0.3 is 10.1 Å². The zero-order chi connectivity index (χ0) is 24.5. The number of pyridine rings is 1. The molecule has 3 aromatic rings. The zero-order valence-corrected chi connectivity index (χ0v) is 18.3. The summed E-state index contributed by atoms with van der Waals surface area (Å²) < 4.78 is 41.9. The predicted molar refractivity (Wildman–Crippen MR) is 119 cm³/mol. The highest BCUT2D eigenvalue weighted by atomic mass is 19.4. The van der Waals surface area contributed by atoms with Gasteiger partial charge in [0, 0.05) is 18.0 Å². The highest BCUT2D eigenvalue weighted by molar-refractivity contribution is 6.36. The average molecular weight is 467 g/mol. The summed E-state index contributed by atoms with van der Waals surface area (Å²) in [6.07, 6.45) is -3.30. The molecule has 2 aromatic carbocycles. The number of halogens is 3. The van der Waals surface area contributed by atoms with E-state index in [-0.39, 0.29) is 23.5 Å². The maximum atomic E-state index is 13.4. The summed E-state index contributed by atoms with van der Waals surface area (Å²) in [5.41, 5.74) is 3.11. The van der Waals surface area contributed by atoms with Crippen LogP contribution in [0.4, 0.5) is 18.9 Å². The maximum absolute atomic E-state index is 13.4. The summed E-state index contributed by atoms with van der Waals surface area (Å²) in [6.45, 7) is 3.69. The third-order valence-corrected chi connectivity index (χ3v) is 5.20. The van der Waals surface area contributed by atoms with E-state index in [1.54, 1.807) is 30.5 Å². The van der Waals surface area contributed by atoms with Crippen LogP contribution in [0.2, 0.25) is 0 Å². The lowest BCUT2D eigenvalue weighted by molar-refractivity contribution is -0.274. The second-order valence-electron chi connectivity index (χ2n) is 7.79. The lowest BCUT2D eigenvalue weighted by Gasteiger charge is -2.15. The quantitative estimate of drug-likeness (QED) is 0.518. The highest BCUT2D eigenvalue weighted by Gasteiger charge is 2.40. The molecule has 1 aliphatic rings. The van der Waals surface area contributed by atoms with Gasteiger partial charge in [0.15, 0.2) is 0 Å². The van der Waals surface area contributed by atoms with E-state index in [9.17, 15) is 22.8 Å². The molecule has 0 unspecified atom stereocenters. The van der Waals surface area contributed by atoms with Crippen LogP contribution >= 0.6 is 0 Å². The Bertz CT molecular complexity index is 1290. The fraction of sp³-hybridized carbons (Fsp3) is 0.160. The topological polar surface area (TPSA) is 71.5 Å². The van der Waals surface area contributed by atoms with Crippen molar-refractivity contribution in [3.05, 3.63) is 94.9 Å². The Morgan fingerprint density at radius 2 is 1.76 bits per heavy atom. The van der Waals surface area contributed by atoms with E-state index < -0.39 is 23.9 Å². The Kier molecular flexibility index (Phi) is 6.10. The number of aromatic nitrogens is 1. The minimum atomic E-state index is -4.86. The summed E-state index contributed by atoms with van der Waals surface area (Å²) in [6, 6.07) is 15.7. The zero-order valence-electron chi connectivity index (χ0n) is 18.3. The molecule has 4 rings (SSSR count). The number of ether oxygens (including phenoxy) is 1. The van der Waals surface area contributed by atoms with Crippen LogP contribution in [0.15, 0.2) is 72.6 Å². The summed E-state index contributed by atoms with van der Waals surface area (Å²) in [5.74, 6) is -1.58. The van der Waals surface area contributed by atoms with Gasteiger partial charge in [-0.3, -0.25) is 19.5 Å². The first-order chi connectivity index (χ1) is 16.1. The molecule has 0 spiro atoms. The van der Waals surface area contributed by atoms with Crippen molar-refractivity contribution in [2.75, 3.05) is 5.32 Å². The molecule has 0 saturated carbocycles. The SMILES string of the molecule is Cc1ccc(C2=C(Nc3cccc(OC(F)(F)F)c3)C(=O)N(Cc3ccccn3)C2=O)c(C)c1. The number of imide groups is 1. The van der Waals surface area contributed by atoms with E-state index in [4.69, 9.17) is 0 Å². The van der Waals surface area contributed by atoms with Gasteiger partial charge in [-0.2, -0.15) is 0 Å². The first-order valence-electron chi connectivity index (χ1n) is 10.3. The van der Waals surface area contributed by atoms with E-state index in [0.717, 1.165) is 28.2 Å². The van der Waals surface area contributed by atoms with Crippen molar-refractivity contribution < 1.29 is 27.5 Å². The second kappa shape index (κ2) is 9.01. The van der Waals surface area contributed by atoms with E-state index >= 15 is 0 Å². The molecule has 9 heteroatoms. The first kappa shape index (κ1) is 23.0. The first-order valence-corrected chi connectivity index (χ1v) is 10.3. The van der Waals surface area contributed by atoms with E-state index in [2.05, 4.69) is 15.0 Å².